The summed E-state index contributed by atoms with van der Waals surface area (Å²) in [7, 11) is 4.29. The highest BCUT2D eigenvalue weighted by atomic mass is 16.5. The summed E-state index contributed by atoms with van der Waals surface area (Å²) in [5.41, 5.74) is 6.66. The Morgan fingerprint density at radius 2 is 1.86 bits per heavy atom. The summed E-state index contributed by atoms with van der Waals surface area (Å²) in [4.78, 5) is 19.5. The fourth-order valence-electron chi connectivity index (χ4n) is 6.43. The van der Waals surface area contributed by atoms with Gasteiger partial charge in [0.05, 0.1) is 24.7 Å². The molecule has 2 saturated heterocycles. The van der Waals surface area contributed by atoms with Gasteiger partial charge < -0.3 is 19.4 Å². The third-order valence-electron chi connectivity index (χ3n) is 8.68. The first-order valence-electron chi connectivity index (χ1n) is 13.5. The SMILES string of the molecule is CN1CCC[C@H]1COc1nc2c(c(N3CCN(C)[C@@H](CC#N)C3)n1)CN(c1cccc3c1CCC3)C2. The van der Waals surface area contributed by atoms with Crippen molar-refractivity contribution in [3.63, 3.8) is 0 Å². The molecule has 0 radical (unpaired) electrons. The molecule has 1 aromatic heterocycles. The van der Waals surface area contributed by atoms with E-state index in [1.807, 2.05) is 0 Å². The van der Waals surface area contributed by atoms with Gasteiger partial charge in [0.15, 0.2) is 0 Å². The van der Waals surface area contributed by atoms with Crippen molar-refractivity contribution >= 4 is 11.5 Å². The Labute approximate surface area is 214 Å². The number of aryl methyl sites for hydroxylation is 1. The van der Waals surface area contributed by atoms with Gasteiger partial charge in [0.2, 0.25) is 0 Å². The summed E-state index contributed by atoms with van der Waals surface area (Å²) in [5.74, 6) is 1.00. The normalized spacial score (nSPS) is 24.1. The fourth-order valence-corrected chi connectivity index (χ4v) is 6.43. The van der Waals surface area contributed by atoms with E-state index in [9.17, 15) is 5.26 Å². The van der Waals surface area contributed by atoms with Crippen molar-refractivity contribution in [2.24, 2.45) is 0 Å². The van der Waals surface area contributed by atoms with Crippen molar-refractivity contribution in [2.75, 3.05) is 56.7 Å². The average molecular weight is 488 g/mol. The van der Waals surface area contributed by atoms with Crippen LogP contribution in [-0.4, -0.2) is 78.7 Å². The number of piperazine rings is 1. The lowest BCUT2D eigenvalue weighted by atomic mass is 10.1. The number of nitriles is 1. The third kappa shape index (κ3) is 4.39. The number of likely N-dealkylation sites (N-methyl/N-ethyl adjacent to an activating group) is 2. The van der Waals surface area contributed by atoms with Crippen LogP contribution in [0.2, 0.25) is 0 Å². The van der Waals surface area contributed by atoms with Gasteiger partial charge in [-0.05, 0) is 69.9 Å². The summed E-state index contributed by atoms with van der Waals surface area (Å²) in [6.45, 7) is 5.99. The van der Waals surface area contributed by atoms with Crippen LogP contribution in [0.25, 0.3) is 0 Å². The molecule has 8 nitrogen and oxygen atoms in total. The van der Waals surface area contributed by atoms with E-state index in [4.69, 9.17) is 14.7 Å². The highest BCUT2D eigenvalue weighted by Gasteiger charge is 2.33. The number of likely N-dealkylation sites (tertiary alicyclic amines) is 1. The molecule has 8 heteroatoms. The molecule has 0 amide bonds. The maximum atomic E-state index is 9.37. The average Bonchev–Trinajstić information content (AvgIpc) is 3.63. The number of ether oxygens (including phenoxy) is 1. The van der Waals surface area contributed by atoms with E-state index >= 15 is 0 Å². The topological polar surface area (TPSA) is 71.8 Å². The first-order valence-corrected chi connectivity index (χ1v) is 13.5. The van der Waals surface area contributed by atoms with Crippen LogP contribution in [0.1, 0.15) is 48.1 Å². The first-order chi connectivity index (χ1) is 17.6. The van der Waals surface area contributed by atoms with Gasteiger partial charge in [0.1, 0.15) is 12.4 Å². The minimum Gasteiger partial charge on any atom is -0.462 e. The Morgan fingerprint density at radius 1 is 0.972 bits per heavy atom. The van der Waals surface area contributed by atoms with Crippen molar-refractivity contribution < 1.29 is 4.74 Å². The monoisotopic (exact) mass is 487 g/mol. The Morgan fingerprint density at radius 3 is 2.69 bits per heavy atom. The maximum absolute atomic E-state index is 9.37. The Kier molecular flexibility index (Phi) is 6.44. The number of hydrogen-bond acceptors (Lipinski definition) is 8. The zero-order valence-corrected chi connectivity index (χ0v) is 21.6. The number of benzene rings is 1. The van der Waals surface area contributed by atoms with E-state index in [1.54, 1.807) is 0 Å². The number of fused-ring (bicyclic) bond motifs is 2. The minimum atomic E-state index is 0.209. The third-order valence-corrected chi connectivity index (χ3v) is 8.68. The summed E-state index contributed by atoms with van der Waals surface area (Å²) >= 11 is 0. The predicted octanol–water partition coefficient (Wildman–Crippen LogP) is 2.99. The van der Waals surface area contributed by atoms with Crippen molar-refractivity contribution in [1.29, 1.82) is 5.26 Å². The van der Waals surface area contributed by atoms with Gasteiger partial charge >= 0.3 is 6.01 Å². The van der Waals surface area contributed by atoms with Gasteiger partial charge in [-0.2, -0.15) is 15.2 Å². The predicted molar refractivity (Wildman–Crippen MR) is 140 cm³/mol. The fraction of sp³-hybridized carbons (Fsp3) is 0.607. The Hall–Kier alpha value is -2.89. The van der Waals surface area contributed by atoms with Crippen LogP contribution in [0.5, 0.6) is 6.01 Å². The maximum Gasteiger partial charge on any atom is 0.318 e. The van der Waals surface area contributed by atoms with E-state index in [1.165, 1.54) is 41.6 Å². The summed E-state index contributed by atoms with van der Waals surface area (Å²) in [5, 5.41) is 9.37. The summed E-state index contributed by atoms with van der Waals surface area (Å²) in [6.07, 6.45) is 6.50. The molecule has 0 N–H and O–H groups in total. The molecule has 0 bridgehead atoms. The van der Waals surface area contributed by atoms with E-state index in [0.717, 1.165) is 63.6 Å². The van der Waals surface area contributed by atoms with Crippen LogP contribution in [0.15, 0.2) is 18.2 Å². The summed E-state index contributed by atoms with van der Waals surface area (Å²) in [6, 6.07) is 10.3. The second-order valence-corrected chi connectivity index (χ2v) is 10.9. The smallest absolute Gasteiger partial charge is 0.318 e. The van der Waals surface area contributed by atoms with Gasteiger partial charge in [-0.15, -0.1) is 0 Å². The van der Waals surface area contributed by atoms with E-state index < -0.39 is 0 Å². The van der Waals surface area contributed by atoms with Crippen LogP contribution in [0.4, 0.5) is 11.5 Å². The molecule has 6 rings (SSSR count). The van der Waals surface area contributed by atoms with Crippen molar-refractivity contribution in [3.8, 4) is 12.1 Å². The van der Waals surface area contributed by atoms with Crippen LogP contribution >= 0.6 is 0 Å². The Bertz CT molecular complexity index is 1160. The molecule has 0 unspecified atom stereocenters. The second kappa shape index (κ2) is 9.87. The molecular weight excluding hydrogens is 450 g/mol. The highest BCUT2D eigenvalue weighted by Crippen LogP contribution is 2.39. The lowest BCUT2D eigenvalue weighted by Gasteiger charge is -2.39. The molecule has 2 atom stereocenters. The lowest BCUT2D eigenvalue weighted by molar-refractivity contribution is 0.187. The zero-order chi connectivity index (χ0) is 24.6. The van der Waals surface area contributed by atoms with Gasteiger partial charge in [-0.25, -0.2) is 0 Å². The van der Waals surface area contributed by atoms with Crippen molar-refractivity contribution in [2.45, 2.75) is 63.7 Å². The quantitative estimate of drug-likeness (QED) is 0.616. The van der Waals surface area contributed by atoms with E-state index in [2.05, 4.69) is 58.0 Å². The van der Waals surface area contributed by atoms with Crippen LogP contribution in [0, 0.1) is 11.3 Å². The van der Waals surface area contributed by atoms with E-state index in [-0.39, 0.29) is 6.04 Å². The molecule has 190 valence electrons. The molecule has 0 saturated carbocycles. The number of nitrogens with zero attached hydrogens (tertiary/aromatic N) is 7. The molecule has 4 heterocycles. The molecule has 1 aliphatic carbocycles. The summed E-state index contributed by atoms with van der Waals surface area (Å²) < 4.78 is 6.26. The van der Waals surface area contributed by atoms with Gasteiger partial charge in [0, 0.05) is 49.5 Å². The zero-order valence-electron chi connectivity index (χ0n) is 21.6. The Balaban J connectivity index is 1.30. The molecule has 2 fully saturated rings. The van der Waals surface area contributed by atoms with Crippen molar-refractivity contribution in [1.82, 2.24) is 19.8 Å². The number of anilines is 2. The molecule has 36 heavy (non-hydrogen) atoms. The molecule has 3 aliphatic heterocycles. The van der Waals surface area contributed by atoms with Crippen LogP contribution in [0.3, 0.4) is 0 Å². The number of hydrogen-bond donors (Lipinski definition) is 0. The van der Waals surface area contributed by atoms with Gasteiger partial charge in [-0.3, -0.25) is 4.90 Å². The molecule has 4 aliphatic rings. The number of rotatable bonds is 6. The van der Waals surface area contributed by atoms with Crippen LogP contribution < -0.4 is 14.5 Å². The second-order valence-electron chi connectivity index (χ2n) is 10.9. The first kappa shape index (κ1) is 23.5. The molecule has 1 aromatic carbocycles. The largest absolute Gasteiger partial charge is 0.462 e. The molecule has 2 aromatic rings. The van der Waals surface area contributed by atoms with Crippen LogP contribution in [-0.2, 0) is 25.9 Å². The standard InChI is InChI=1S/C28H37N7O/c1-32-13-5-8-22(32)19-36-28-30-25-18-35(26-10-4-7-20-6-3-9-23(20)26)17-24(25)27(31-28)34-15-14-33(2)21(16-34)11-12-29/h4,7,10,21-22H,3,5-6,8-9,11,13-19H2,1-2H3/t21-,22-/m0/s1. The number of aromatic nitrogens is 2. The van der Waals surface area contributed by atoms with Gasteiger partial charge in [0.25, 0.3) is 0 Å². The van der Waals surface area contributed by atoms with Gasteiger partial charge in [-0.1, -0.05) is 12.1 Å². The highest BCUT2D eigenvalue weighted by molar-refractivity contribution is 5.63. The van der Waals surface area contributed by atoms with Crippen molar-refractivity contribution in [3.05, 3.63) is 40.6 Å². The minimum absolute atomic E-state index is 0.209. The molecule has 0 spiro atoms. The lowest BCUT2D eigenvalue weighted by Crippen LogP contribution is -2.51. The molecular formula is C28H37N7O. The van der Waals surface area contributed by atoms with E-state index in [0.29, 0.717) is 25.1 Å².